The predicted octanol–water partition coefficient (Wildman–Crippen LogP) is 3.63. The lowest BCUT2D eigenvalue weighted by Crippen LogP contribution is -1.67. The molecule has 0 unspecified atom stereocenters. The van der Waals surface area contributed by atoms with Crippen LogP contribution in [0.15, 0.2) is 22.7 Å². The molecule has 0 aromatic rings. The maximum absolute atomic E-state index is 3.39. The highest BCUT2D eigenvalue weighted by molar-refractivity contribution is 9.11. The van der Waals surface area contributed by atoms with Crippen molar-refractivity contribution in [1.29, 1.82) is 0 Å². The fourth-order valence-corrected chi connectivity index (χ4v) is 1.14. The molecule has 0 fully saturated rings. The molecule has 9 heavy (non-hydrogen) atoms. The molecule has 2 heteroatoms. The lowest BCUT2D eigenvalue weighted by Gasteiger charge is -1.85. The monoisotopic (exact) mass is 252 g/mol. The smallest absolute Gasteiger partial charge is 0.0132 e. The number of allylic oxidation sites excluding steroid dienone is 4. The van der Waals surface area contributed by atoms with Crippen LogP contribution in [0.3, 0.4) is 0 Å². The molecular formula is C7H10Br2. The molecule has 0 bridgehead atoms. The first-order valence-corrected chi connectivity index (χ1v) is 4.77. The van der Waals surface area contributed by atoms with Crippen LogP contribution in [0.1, 0.15) is 13.3 Å². The van der Waals surface area contributed by atoms with E-state index in [-0.39, 0.29) is 0 Å². The second-order valence-electron chi connectivity index (χ2n) is 1.57. The van der Waals surface area contributed by atoms with E-state index in [9.17, 15) is 0 Å². The van der Waals surface area contributed by atoms with Crippen LogP contribution in [0.5, 0.6) is 0 Å². The number of hydrogen-bond donors (Lipinski definition) is 0. The van der Waals surface area contributed by atoms with Crippen molar-refractivity contribution in [1.82, 2.24) is 0 Å². The SMILES string of the molecule is C/C=C\C(Br)=C/CCBr. The van der Waals surface area contributed by atoms with Gasteiger partial charge in [-0.25, -0.2) is 0 Å². The Morgan fingerprint density at radius 1 is 1.56 bits per heavy atom. The standard InChI is InChI=1S/C7H10Br2/c1-2-4-7(9)5-3-6-8/h2,4-5H,3,6H2,1H3/b4-2-,7-5+. The zero-order chi connectivity index (χ0) is 7.11. The van der Waals surface area contributed by atoms with Gasteiger partial charge in [0.05, 0.1) is 0 Å². The molecule has 0 aromatic carbocycles. The summed E-state index contributed by atoms with van der Waals surface area (Å²) >= 11 is 6.73. The number of hydrogen-bond acceptors (Lipinski definition) is 0. The van der Waals surface area contributed by atoms with E-state index in [1.165, 1.54) is 0 Å². The van der Waals surface area contributed by atoms with Crippen LogP contribution in [0, 0.1) is 0 Å². The summed E-state index contributed by atoms with van der Waals surface area (Å²) in [6.45, 7) is 2.00. The van der Waals surface area contributed by atoms with Crippen LogP contribution in [0.2, 0.25) is 0 Å². The van der Waals surface area contributed by atoms with Gasteiger partial charge >= 0.3 is 0 Å². The van der Waals surface area contributed by atoms with Crippen molar-refractivity contribution in [3.05, 3.63) is 22.7 Å². The first-order chi connectivity index (χ1) is 4.31. The maximum Gasteiger partial charge on any atom is 0.0132 e. The van der Waals surface area contributed by atoms with Gasteiger partial charge in [-0.1, -0.05) is 50.1 Å². The van der Waals surface area contributed by atoms with Crippen LogP contribution >= 0.6 is 31.9 Å². The maximum atomic E-state index is 3.39. The highest BCUT2D eigenvalue weighted by Crippen LogP contribution is 2.07. The molecule has 0 atom stereocenters. The Hall–Kier alpha value is 0.440. The zero-order valence-corrected chi connectivity index (χ0v) is 8.57. The molecule has 0 aliphatic rings. The van der Waals surface area contributed by atoms with E-state index in [2.05, 4.69) is 37.9 Å². The second kappa shape index (κ2) is 6.56. The van der Waals surface area contributed by atoms with Gasteiger partial charge in [-0.15, -0.1) is 0 Å². The molecule has 0 nitrogen and oxygen atoms in total. The lowest BCUT2D eigenvalue weighted by molar-refractivity contribution is 1.26. The fourth-order valence-electron chi connectivity index (χ4n) is 0.420. The summed E-state index contributed by atoms with van der Waals surface area (Å²) in [6, 6.07) is 0. The molecule has 0 aliphatic heterocycles. The molecule has 0 aliphatic carbocycles. The quantitative estimate of drug-likeness (QED) is 0.532. The van der Waals surface area contributed by atoms with Gasteiger partial charge in [0.25, 0.3) is 0 Å². The van der Waals surface area contributed by atoms with Gasteiger partial charge in [0, 0.05) is 9.81 Å². The van der Waals surface area contributed by atoms with Crippen molar-refractivity contribution in [2.75, 3.05) is 5.33 Å². The third-order valence-electron chi connectivity index (χ3n) is 0.774. The van der Waals surface area contributed by atoms with Gasteiger partial charge in [-0.3, -0.25) is 0 Å². The van der Waals surface area contributed by atoms with Crippen LogP contribution < -0.4 is 0 Å². The van der Waals surface area contributed by atoms with Gasteiger partial charge in [0.2, 0.25) is 0 Å². The third-order valence-corrected chi connectivity index (χ3v) is 1.82. The molecule has 0 spiro atoms. The molecule has 0 rings (SSSR count). The average molecular weight is 254 g/mol. The minimum atomic E-state index is 1.03. The summed E-state index contributed by atoms with van der Waals surface area (Å²) < 4.78 is 1.16. The van der Waals surface area contributed by atoms with Gasteiger partial charge in [0.1, 0.15) is 0 Å². The van der Waals surface area contributed by atoms with Crippen molar-refractivity contribution in [3.63, 3.8) is 0 Å². The Morgan fingerprint density at radius 2 is 2.22 bits per heavy atom. The summed E-state index contributed by atoms with van der Waals surface area (Å²) in [5, 5.41) is 1.03. The van der Waals surface area contributed by atoms with Crippen LogP contribution in [-0.2, 0) is 0 Å². The zero-order valence-electron chi connectivity index (χ0n) is 5.40. The van der Waals surface area contributed by atoms with E-state index in [0.29, 0.717) is 0 Å². The minimum absolute atomic E-state index is 1.03. The van der Waals surface area contributed by atoms with Crippen molar-refractivity contribution < 1.29 is 0 Å². The van der Waals surface area contributed by atoms with Crippen LogP contribution in [0.4, 0.5) is 0 Å². The lowest BCUT2D eigenvalue weighted by atomic mass is 10.4. The number of alkyl halides is 1. The summed E-state index contributed by atoms with van der Waals surface area (Å²) in [5.41, 5.74) is 0. The van der Waals surface area contributed by atoms with Gasteiger partial charge < -0.3 is 0 Å². The molecule has 0 N–H and O–H groups in total. The Bertz CT molecular complexity index is 114. The molecule has 0 aromatic heterocycles. The van der Waals surface area contributed by atoms with Crippen molar-refractivity contribution in [3.8, 4) is 0 Å². The highest BCUT2D eigenvalue weighted by Gasteiger charge is 1.80. The van der Waals surface area contributed by atoms with Crippen LogP contribution in [0.25, 0.3) is 0 Å². The van der Waals surface area contributed by atoms with Crippen LogP contribution in [-0.4, -0.2) is 5.33 Å². The third kappa shape index (κ3) is 6.32. The average Bonchev–Trinajstić information content (AvgIpc) is 1.85. The van der Waals surface area contributed by atoms with E-state index in [1.807, 2.05) is 19.1 Å². The fraction of sp³-hybridized carbons (Fsp3) is 0.429. The van der Waals surface area contributed by atoms with E-state index in [4.69, 9.17) is 0 Å². The molecular weight excluding hydrogens is 244 g/mol. The Morgan fingerprint density at radius 3 is 2.67 bits per heavy atom. The minimum Gasteiger partial charge on any atom is -0.0925 e. The molecule has 0 radical (unpaired) electrons. The van der Waals surface area contributed by atoms with E-state index in [0.717, 1.165) is 16.2 Å². The highest BCUT2D eigenvalue weighted by atomic mass is 79.9. The summed E-state index contributed by atoms with van der Waals surface area (Å²) in [7, 11) is 0. The van der Waals surface area contributed by atoms with Crippen molar-refractivity contribution >= 4 is 31.9 Å². The van der Waals surface area contributed by atoms with Gasteiger partial charge in [0.15, 0.2) is 0 Å². The summed E-state index contributed by atoms with van der Waals surface area (Å²) in [6.07, 6.45) is 7.25. The van der Waals surface area contributed by atoms with Gasteiger partial charge in [-0.05, 0) is 13.3 Å². The Kier molecular flexibility index (Phi) is 6.88. The first-order valence-electron chi connectivity index (χ1n) is 2.85. The molecule has 0 heterocycles. The molecule has 52 valence electrons. The summed E-state index contributed by atoms with van der Waals surface area (Å²) in [4.78, 5) is 0. The van der Waals surface area contributed by atoms with E-state index in [1.54, 1.807) is 0 Å². The Balaban J connectivity index is 3.55. The van der Waals surface area contributed by atoms with Gasteiger partial charge in [-0.2, -0.15) is 0 Å². The van der Waals surface area contributed by atoms with E-state index >= 15 is 0 Å². The topological polar surface area (TPSA) is 0 Å². The molecule has 0 saturated carbocycles. The molecule has 0 amide bonds. The Labute approximate surface area is 73.3 Å². The largest absolute Gasteiger partial charge is 0.0925 e. The van der Waals surface area contributed by atoms with Crippen molar-refractivity contribution in [2.45, 2.75) is 13.3 Å². The van der Waals surface area contributed by atoms with E-state index < -0.39 is 0 Å². The normalized spacial score (nSPS) is 13.0. The van der Waals surface area contributed by atoms with Crippen molar-refractivity contribution in [2.24, 2.45) is 0 Å². The first kappa shape index (κ1) is 9.44. The second-order valence-corrected chi connectivity index (χ2v) is 3.28. The number of halogens is 2. The number of rotatable bonds is 3. The predicted molar refractivity (Wildman–Crippen MR) is 50.2 cm³/mol. The molecule has 0 saturated heterocycles. The summed E-state index contributed by atoms with van der Waals surface area (Å²) in [5.74, 6) is 0.